The Hall–Kier alpha value is -0.570. The van der Waals surface area contributed by atoms with E-state index >= 15 is 0 Å². The van der Waals surface area contributed by atoms with Crippen molar-refractivity contribution in [1.29, 1.82) is 0 Å². The second-order valence-corrected chi connectivity index (χ2v) is 6.62. The van der Waals surface area contributed by atoms with Gasteiger partial charge in [0.15, 0.2) is 0 Å². The molecule has 0 spiro atoms. The second kappa shape index (κ2) is 6.25. The molecular formula is C16H30N2O. The van der Waals surface area contributed by atoms with E-state index in [-0.39, 0.29) is 5.41 Å². The van der Waals surface area contributed by atoms with E-state index in [4.69, 9.17) is 0 Å². The third kappa shape index (κ3) is 2.96. The quantitative estimate of drug-likeness (QED) is 0.852. The molecule has 0 aromatic rings. The van der Waals surface area contributed by atoms with Gasteiger partial charge in [0.2, 0.25) is 5.91 Å². The van der Waals surface area contributed by atoms with Gasteiger partial charge in [-0.1, -0.05) is 13.3 Å². The summed E-state index contributed by atoms with van der Waals surface area (Å²) in [7, 11) is 0. The lowest BCUT2D eigenvalue weighted by Crippen LogP contribution is -2.56. The SMILES string of the molecule is CCCC1(C(=O)N2[C@H](C)CCC[C@@H]2C)CCNCC1. The molecule has 0 bridgehead atoms. The fourth-order valence-electron chi connectivity index (χ4n) is 4.05. The van der Waals surface area contributed by atoms with Crippen LogP contribution in [0.3, 0.4) is 0 Å². The monoisotopic (exact) mass is 266 g/mol. The predicted octanol–water partition coefficient (Wildman–Crippen LogP) is 2.95. The maximum absolute atomic E-state index is 13.2. The van der Waals surface area contributed by atoms with Gasteiger partial charge in [-0.15, -0.1) is 0 Å². The van der Waals surface area contributed by atoms with Gasteiger partial charge in [0.05, 0.1) is 5.41 Å². The first-order valence-corrected chi connectivity index (χ1v) is 8.14. The molecule has 2 heterocycles. The van der Waals surface area contributed by atoms with Crippen molar-refractivity contribution in [1.82, 2.24) is 10.2 Å². The van der Waals surface area contributed by atoms with E-state index in [2.05, 4.69) is 31.0 Å². The molecule has 2 saturated heterocycles. The first-order chi connectivity index (χ1) is 9.10. The molecule has 110 valence electrons. The average molecular weight is 266 g/mol. The van der Waals surface area contributed by atoms with Crippen LogP contribution in [0.25, 0.3) is 0 Å². The summed E-state index contributed by atoms with van der Waals surface area (Å²) >= 11 is 0. The maximum Gasteiger partial charge on any atom is 0.229 e. The highest BCUT2D eigenvalue weighted by Crippen LogP contribution is 2.38. The number of nitrogens with zero attached hydrogens (tertiary/aromatic N) is 1. The van der Waals surface area contributed by atoms with Crippen molar-refractivity contribution in [2.75, 3.05) is 13.1 Å². The minimum Gasteiger partial charge on any atom is -0.337 e. The molecule has 2 fully saturated rings. The molecule has 1 N–H and O–H groups in total. The topological polar surface area (TPSA) is 32.3 Å². The molecule has 0 unspecified atom stereocenters. The minimum absolute atomic E-state index is 0.0696. The predicted molar refractivity (Wildman–Crippen MR) is 79.1 cm³/mol. The Balaban J connectivity index is 2.18. The summed E-state index contributed by atoms with van der Waals surface area (Å²) in [5.41, 5.74) is -0.0696. The van der Waals surface area contributed by atoms with Crippen molar-refractivity contribution in [3.05, 3.63) is 0 Å². The Morgan fingerprint density at radius 2 is 1.79 bits per heavy atom. The van der Waals surface area contributed by atoms with Crippen LogP contribution in [0, 0.1) is 5.41 Å². The molecule has 2 rings (SSSR count). The van der Waals surface area contributed by atoms with Gasteiger partial charge < -0.3 is 10.2 Å². The number of nitrogens with one attached hydrogen (secondary N) is 1. The first-order valence-electron chi connectivity index (χ1n) is 8.14. The number of carbonyl (C=O) groups is 1. The van der Waals surface area contributed by atoms with Crippen molar-refractivity contribution < 1.29 is 4.79 Å². The highest BCUT2D eigenvalue weighted by Gasteiger charge is 2.44. The fraction of sp³-hybridized carbons (Fsp3) is 0.938. The van der Waals surface area contributed by atoms with E-state index in [1.54, 1.807) is 0 Å². The van der Waals surface area contributed by atoms with Gasteiger partial charge >= 0.3 is 0 Å². The number of likely N-dealkylation sites (tertiary alicyclic amines) is 1. The van der Waals surface area contributed by atoms with Crippen molar-refractivity contribution >= 4 is 5.91 Å². The fourth-order valence-corrected chi connectivity index (χ4v) is 4.05. The number of piperidine rings is 2. The highest BCUT2D eigenvalue weighted by molar-refractivity contribution is 5.83. The molecule has 1 amide bonds. The lowest BCUT2D eigenvalue weighted by atomic mass is 9.73. The van der Waals surface area contributed by atoms with E-state index in [9.17, 15) is 4.79 Å². The molecular weight excluding hydrogens is 236 g/mol. The number of hydrogen-bond acceptors (Lipinski definition) is 2. The van der Waals surface area contributed by atoms with Crippen LogP contribution in [-0.4, -0.2) is 36.0 Å². The van der Waals surface area contributed by atoms with Gasteiger partial charge in [-0.05, 0) is 65.5 Å². The summed E-state index contributed by atoms with van der Waals surface area (Å²) in [5, 5.41) is 3.41. The average Bonchev–Trinajstić information content (AvgIpc) is 2.40. The summed E-state index contributed by atoms with van der Waals surface area (Å²) < 4.78 is 0. The third-order valence-electron chi connectivity index (χ3n) is 5.17. The van der Waals surface area contributed by atoms with Crippen LogP contribution in [0.4, 0.5) is 0 Å². The van der Waals surface area contributed by atoms with Crippen LogP contribution in [-0.2, 0) is 4.79 Å². The molecule has 19 heavy (non-hydrogen) atoms. The second-order valence-electron chi connectivity index (χ2n) is 6.62. The number of carbonyl (C=O) groups excluding carboxylic acids is 1. The largest absolute Gasteiger partial charge is 0.337 e. The van der Waals surface area contributed by atoms with Crippen LogP contribution in [0.5, 0.6) is 0 Å². The molecule has 0 saturated carbocycles. The number of amides is 1. The third-order valence-corrected chi connectivity index (χ3v) is 5.17. The van der Waals surface area contributed by atoms with Gasteiger partial charge in [-0.25, -0.2) is 0 Å². The van der Waals surface area contributed by atoms with Gasteiger partial charge in [-0.2, -0.15) is 0 Å². The van der Waals surface area contributed by atoms with Crippen LogP contribution in [0.2, 0.25) is 0 Å². The smallest absolute Gasteiger partial charge is 0.229 e. The zero-order valence-corrected chi connectivity index (χ0v) is 12.9. The Kier molecular flexibility index (Phi) is 4.88. The molecule has 2 aliphatic rings. The Morgan fingerprint density at radius 1 is 1.21 bits per heavy atom. The maximum atomic E-state index is 13.2. The molecule has 0 aliphatic carbocycles. The summed E-state index contributed by atoms with van der Waals surface area (Å²) in [6.07, 6.45) is 7.85. The molecule has 0 aromatic heterocycles. The van der Waals surface area contributed by atoms with E-state index in [1.807, 2.05) is 0 Å². The van der Waals surface area contributed by atoms with Crippen LogP contribution >= 0.6 is 0 Å². The molecule has 3 nitrogen and oxygen atoms in total. The number of rotatable bonds is 3. The van der Waals surface area contributed by atoms with Gasteiger partial charge in [0, 0.05) is 12.1 Å². The summed E-state index contributed by atoms with van der Waals surface area (Å²) in [6, 6.07) is 0.861. The lowest BCUT2D eigenvalue weighted by Gasteiger charge is -2.46. The van der Waals surface area contributed by atoms with Gasteiger partial charge in [0.25, 0.3) is 0 Å². The van der Waals surface area contributed by atoms with Crippen LogP contribution in [0.1, 0.15) is 65.7 Å². The molecule has 0 radical (unpaired) electrons. The number of hydrogen-bond donors (Lipinski definition) is 1. The summed E-state index contributed by atoms with van der Waals surface area (Å²) in [4.78, 5) is 15.4. The van der Waals surface area contributed by atoms with Gasteiger partial charge in [-0.3, -0.25) is 4.79 Å². The van der Waals surface area contributed by atoms with E-state index < -0.39 is 0 Å². The normalized spacial score (nSPS) is 31.2. The van der Waals surface area contributed by atoms with Crippen LogP contribution in [0.15, 0.2) is 0 Å². The Bertz CT molecular complexity index is 294. The van der Waals surface area contributed by atoms with E-state index in [0.717, 1.165) is 38.8 Å². The molecule has 0 aromatic carbocycles. The summed E-state index contributed by atoms with van der Waals surface area (Å²) in [5.74, 6) is 0.454. The standard InChI is InChI=1S/C16H30N2O/c1-4-8-16(9-11-17-12-10-16)15(19)18-13(2)6-5-7-14(18)3/h13-14,17H,4-12H2,1-3H3/t13-,14+. The van der Waals surface area contributed by atoms with Crippen LogP contribution < -0.4 is 5.32 Å². The Morgan fingerprint density at radius 3 is 2.32 bits per heavy atom. The molecule has 2 atom stereocenters. The molecule has 3 heteroatoms. The Labute approximate surface area is 118 Å². The zero-order valence-electron chi connectivity index (χ0n) is 12.9. The molecule has 2 aliphatic heterocycles. The van der Waals surface area contributed by atoms with Crippen molar-refractivity contribution in [2.45, 2.75) is 77.8 Å². The van der Waals surface area contributed by atoms with Crippen molar-refractivity contribution in [3.63, 3.8) is 0 Å². The minimum atomic E-state index is -0.0696. The summed E-state index contributed by atoms with van der Waals surface area (Å²) in [6.45, 7) is 8.67. The zero-order chi connectivity index (χ0) is 13.9. The van der Waals surface area contributed by atoms with E-state index in [0.29, 0.717) is 18.0 Å². The first kappa shape index (κ1) is 14.8. The van der Waals surface area contributed by atoms with Crippen molar-refractivity contribution in [2.24, 2.45) is 5.41 Å². The van der Waals surface area contributed by atoms with E-state index in [1.165, 1.54) is 19.3 Å². The lowest BCUT2D eigenvalue weighted by molar-refractivity contribution is -0.151. The van der Waals surface area contributed by atoms with Crippen molar-refractivity contribution in [3.8, 4) is 0 Å². The van der Waals surface area contributed by atoms with Gasteiger partial charge in [0.1, 0.15) is 0 Å². The highest BCUT2D eigenvalue weighted by atomic mass is 16.2.